The first-order valence-corrected chi connectivity index (χ1v) is 9.21. The number of rotatable bonds is 4. The molecule has 2 aromatic carbocycles. The van der Waals surface area contributed by atoms with E-state index in [-0.39, 0.29) is 11.3 Å². The van der Waals surface area contributed by atoms with Crippen LogP contribution in [0.25, 0.3) is 16.1 Å². The Labute approximate surface area is 160 Å². The second-order valence-electron chi connectivity index (χ2n) is 6.11. The molecule has 0 saturated carbocycles. The Morgan fingerprint density at radius 1 is 1.11 bits per heavy atom. The minimum Gasteiger partial charge on any atom is -0.507 e. The molecule has 0 saturated heterocycles. The van der Waals surface area contributed by atoms with Crippen molar-refractivity contribution in [1.82, 2.24) is 4.98 Å². The predicted octanol–water partition coefficient (Wildman–Crippen LogP) is 4.69. The summed E-state index contributed by atoms with van der Waals surface area (Å²) >= 11 is 1.46. The fourth-order valence-corrected chi connectivity index (χ4v) is 3.94. The summed E-state index contributed by atoms with van der Waals surface area (Å²) in [6, 6.07) is 16.7. The van der Waals surface area contributed by atoms with Crippen molar-refractivity contribution in [3.63, 3.8) is 0 Å². The summed E-state index contributed by atoms with van der Waals surface area (Å²) in [4.78, 5) is 17.9. The number of aryl methyl sites for hydroxylation is 1. The summed E-state index contributed by atoms with van der Waals surface area (Å²) in [5.74, 6) is 0.106. The Hall–Kier alpha value is -3.12. The van der Waals surface area contributed by atoms with Gasteiger partial charge in [0, 0.05) is 16.0 Å². The van der Waals surface area contributed by atoms with Gasteiger partial charge >= 0.3 is 5.97 Å². The molecule has 6 heteroatoms. The molecular weight excluding hydrogens is 362 g/mol. The molecule has 1 aromatic heterocycles. The van der Waals surface area contributed by atoms with Gasteiger partial charge in [-0.25, -0.2) is 9.78 Å². The van der Waals surface area contributed by atoms with Crippen LogP contribution in [0.2, 0.25) is 0 Å². The maximum Gasteiger partial charge on any atom is 0.345 e. The molecule has 1 atom stereocenters. The molecule has 1 aliphatic heterocycles. The van der Waals surface area contributed by atoms with Crippen molar-refractivity contribution in [3.8, 4) is 16.3 Å². The van der Waals surface area contributed by atoms with E-state index in [1.165, 1.54) is 11.3 Å². The second kappa shape index (κ2) is 6.89. The quantitative estimate of drug-likeness (QED) is 0.666. The van der Waals surface area contributed by atoms with E-state index in [1.807, 2.05) is 61.5 Å². The normalized spacial score (nSPS) is 16.5. The Morgan fingerprint density at radius 3 is 2.48 bits per heavy atom. The van der Waals surface area contributed by atoms with E-state index in [4.69, 9.17) is 9.47 Å². The zero-order valence-corrected chi connectivity index (χ0v) is 15.6. The highest BCUT2D eigenvalue weighted by Crippen LogP contribution is 2.41. The largest absolute Gasteiger partial charge is 0.507 e. The van der Waals surface area contributed by atoms with Crippen molar-refractivity contribution in [2.45, 2.75) is 13.0 Å². The highest BCUT2D eigenvalue weighted by Gasteiger charge is 2.38. The standard InChI is InChI=1S/C21H17NO4S/c1-12-17(22-20(27-12)14-8-10-15(25-2)11-9-14)16-18(23)19(26-21(16)24)13-6-4-3-5-7-13/h3-11,19,23H,1-2H3. The van der Waals surface area contributed by atoms with Gasteiger partial charge in [0.2, 0.25) is 0 Å². The third-order valence-electron chi connectivity index (χ3n) is 4.41. The third-order valence-corrected chi connectivity index (χ3v) is 5.43. The van der Waals surface area contributed by atoms with Crippen molar-refractivity contribution >= 4 is 22.9 Å². The summed E-state index contributed by atoms with van der Waals surface area (Å²) in [5, 5.41) is 11.4. The molecule has 0 aliphatic carbocycles. The lowest BCUT2D eigenvalue weighted by Gasteiger charge is -2.09. The molecule has 136 valence electrons. The Morgan fingerprint density at radius 2 is 1.81 bits per heavy atom. The van der Waals surface area contributed by atoms with Crippen molar-refractivity contribution in [1.29, 1.82) is 0 Å². The number of aromatic nitrogens is 1. The summed E-state index contributed by atoms with van der Waals surface area (Å²) < 4.78 is 10.6. The lowest BCUT2D eigenvalue weighted by Crippen LogP contribution is -2.03. The number of carbonyl (C=O) groups excluding carboxylic acids is 1. The topological polar surface area (TPSA) is 68.7 Å². The van der Waals surface area contributed by atoms with Crippen LogP contribution in [-0.4, -0.2) is 23.2 Å². The summed E-state index contributed by atoms with van der Waals surface area (Å²) in [5.41, 5.74) is 2.24. The van der Waals surface area contributed by atoms with Crippen LogP contribution in [-0.2, 0) is 9.53 Å². The van der Waals surface area contributed by atoms with Crippen molar-refractivity contribution in [3.05, 3.63) is 76.5 Å². The summed E-state index contributed by atoms with van der Waals surface area (Å²) in [6.45, 7) is 1.88. The number of hydrogen-bond acceptors (Lipinski definition) is 6. The van der Waals surface area contributed by atoms with Crippen LogP contribution >= 0.6 is 11.3 Å². The van der Waals surface area contributed by atoms with Gasteiger partial charge in [-0.15, -0.1) is 11.3 Å². The lowest BCUT2D eigenvalue weighted by atomic mass is 10.0. The molecule has 1 unspecified atom stereocenters. The monoisotopic (exact) mass is 379 g/mol. The fourth-order valence-electron chi connectivity index (χ4n) is 3.01. The van der Waals surface area contributed by atoms with Crippen LogP contribution in [0.4, 0.5) is 0 Å². The van der Waals surface area contributed by atoms with E-state index in [2.05, 4.69) is 4.98 Å². The van der Waals surface area contributed by atoms with Crippen LogP contribution in [0.15, 0.2) is 60.4 Å². The molecule has 5 nitrogen and oxygen atoms in total. The van der Waals surface area contributed by atoms with Gasteiger partial charge in [-0.3, -0.25) is 0 Å². The highest BCUT2D eigenvalue weighted by molar-refractivity contribution is 7.15. The maximum atomic E-state index is 12.5. The predicted molar refractivity (Wildman–Crippen MR) is 104 cm³/mol. The molecule has 0 radical (unpaired) electrons. The molecule has 0 fully saturated rings. The van der Waals surface area contributed by atoms with Crippen molar-refractivity contribution in [2.75, 3.05) is 7.11 Å². The van der Waals surface area contributed by atoms with E-state index in [9.17, 15) is 9.90 Å². The van der Waals surface area contributed by atoms with Gasteiger partial charge < -0.3 is 14.6 Å². The average molecular weight is 379 g/mol. The van der Waals surface area contributed by atoms with Gasteiger partial charge in [-0.2, -0.15) is 0 Å². The van der Waals surface area contributed by atoms with Crippen LogP contribution in [0, 0.1) is 6.92 Å². The van der Waals surface area contributed by atoms with Gasteiger partial charge in [0.1, 0.15) is 16.3 Å². The van der Waals surface area contributed by atoms with E-state index in [0.717, 1.165) is 26.8 Å². The van der Waals surface area contributed by atoms with Crippen LogP contribution in [0.5, 0.6) is 5.75 Å². The highest BCUT2D eigenvalue weighted by atomic mass is 32.1. The lowest BCUT2D eigenvalue weighted by molar-refractivity contribution is -0.138. The molecule has 3 aromatic rings. The first-order chi connectivity index (χ1) is 13.1. The second-order valence-corrected chi connectivity index (χ2v) is 7.31. The number of cyclic esters (lactones) is 1. The third kappa shape index (κ3) is 3.08. The van der Waals surface area contributed by atoms with Crippen LogP contribution < -0.4 is 4.74 Å². The van der Waals surface area contributed by atoms with E-state index < -0.39 is 12.1 Å². The van der Waals surface area contributed by atoms with Gasteiger partial charge in [-0.05, 0) is 31.2 Å². The maximum absolute atomic E-state index is 12.5. The number of nitrogens with zero attached hydrogens (tertiary/aromatic N) is 1. The zero-order valence-electron chi connectivity index (χ0n) is 14.8. The number of methoxy groups -OCH3 is 1. The number of thiazole rings is 1. The molecule has 0 spiro atoms. The summed E-state index contributed by atoms with van der Waals surface area (Å²) in [6.07, 6.45) is -0.792. The molecule has 27 heavy (non-hydrogen) atoms. The van der Waals surface area contributed by atoms with Gasteiger partial charge in [0.25, 0.3) is 0 Å². The minimum absolute atomic E-state index is 0.0964. The van der Waals surface area contributed by atoms with Crippen LogP contribution in [0.3, 0.4) is 0 Å². The number of esters is 1. The first kappa shape index (κ1) is 17.3. The van der Waals surface area contributed by atoms with Gasteiger partial charge in [0.15, 0.2) is 11.9 Å². The number of benzene rings is 2. The minimum atomic E-state index is -0.792. The number of aliphatic hydroxyl groups excluding tert-OH is 1. The smallest absolute Gasteiger partial charge is 0.345 e. The molecule has 2 heterocycles. The molecule has 4 rings (SSSR count). The summed E-state index contributed by atoms with van der Waals surface area (Å²) in [7, 11) is 1.62. The Bertz CT molecular complexity index is 1020. The van der Waals surface area contributed by atoms with Crippen LogP contribution in [0.1, 0.15) is 22.2 Å². The molecule has 0 bridgehead atoms. The molecular formula is C21H17NO4S. The molecule has 1 N–H and O–H groups in total. The van der Waals surface area contributed by atoms with Gasteiger partial charge in [0.05, 0.1) is 12.8 Å². The number of aliphatic hydroxyl groups is 1. The van der Waals surface area contributed by atoms with Gasteiger partial charge in [-0.1, -0.05) is 30.3 Å². The Kier molecular flexibility index (Phi) is 4.41. The fraction of sp³-hybridized carbons (Fsp3) is 0.143. The number of hydrogen-bond donors (Lipinski definition) is 1. The van der Waals surface area contributed by atoms with Crippen molar-refractivity contribution in [2.24, 2.45) is 0 Å². The molecule has 1 aliphatic rings. The number of carbonyl (C=O) groups is 1. The first-order valence-electron chi connectivity index (χ1n) is 8.39. The average Bonchev–Trinajstić information content (AvgIpc) is 3.21. The van der Waals surface area contributed by atoms with Crippen molar-refractivity contribution < 1.29 is 19.4 Å². The van der Waals surface area contributed by atoms with E-state index >= 15 is 0 Å². The SMILES string of the molecule is COc1ccc(-c2nc(C3=C(O)C(c4ccccc4)OC3=O)c(C)s2)cc1. The zero-order chi connectivity index (χ0) is 19.0. The van der Waals surface area contributed by atoms with E-state index in [0.29, 0.717) is 5.69 Å². The number of ether oxygens (including phenoxy) is 2. The van der Waals surface area contributed by atoms with E-state index in [1.54, 1.807) is 7.11 Å². The molecule has 0 amide bonds. The Balaban J connectivity index is 1.73.